The van der Waals surface area contributed by atoms with Crippen molar-refractivity contribution in [1.82, 2.24) is 0 Å². The number of carbonyl (C=O) groups is 3. The summed E-state index contributed by atoms with van der Waals surface area (Å²) in [5, 5.41) is 6.04. The lowest BCUT2D eigenvalue weighted by Crippen LogP contribution is -2.32. The average Bonchev–Trinajstić information content (AvgIpc) is 3.16. The molecule has 1 aliphatic heterocycles. The van der Waals surface area contributed by atoms with Crippen LogP contribution in [0.5, 0.6) is 0 Å². The van der Waals surface area contributed by atoms with Gasteiger partial charge in [0.25, 0.3) is 17.7 Å². The van der Waals surface area contributed by atoms with E-state index in [9.17, 15) is 14.4 Å². The first kappa shape index (κ1) is 26.5. The van der Waals surface area contributed by atoms with Crippen LogP contribution in [-0.2, 0) is 9.59 Å². The zero-order valence-corrected chi connectivity index (χ0v) is 23.6. The molecule has 3 amide bonds. The summed E-state index contributed by atoms with van der Waals surface area (Å²) < 4.78 is 0.895. The minimum atomic E-state index is -0.409. The van der Waals surface area contributed by atoms with E-state index >= 15 is 0 Å². The Kier molecular flexibility index (Phi) is 7.67. The predicted molar refractivity (Wildman–Crippen MR) is 160 cm³/mol. The molecule has 39 heavy (non-hydrogen) atoms. The van der Waals surface area contributed by atoms with Crippen LogP contribution in [0, 0.1) is 13.8 Å². The van der Waals surface area contributed by atoms with Crippen molar-refractivity contribution in [2.75, 3.05) is 15.5 Å². The van der Waals surface area contributed by atoms with Gasteiger partial charge in [-0.15, -0.1) is 0 Å². The molecular weight excluding hydrogens is 574 g/mol. The summed E-state index contributed by atoms with van der Waals surface area (Å²) in [5.41, 5.74) is 4.70. The molecule has 0 saturated carbocycles. The molecule has 0 spiro atoms. The van der Waals surface area contributed by atoms with Crippen molar-refractivity contribution >= 4 is 62.5 Å². The highest BCUT2D eigenvalue weighted by Gasteiger charge is 2.40. The molecule has 0 aromatic heterocycles. The first-order valence-corrected chi connectivity index (χ1v) is 13.8. The van der Waals surface area contributed by atoms with Crippen molar-refractivity contribution in [3.63, 3.8) is 0 Å². The lowest BCUT2D eigenvalue weighted by molar-refractivity contribution is -0.120. The molecule has 1 heterocycles. The number of para-hydroxylation sites is 1. The van der Waals surface area contributed by atoms with Crippen molar-refractivity contribution in [1.29, 1.82) is 0 Å². The summed E-state index contributed by atoms with van der Waals surface area (Å²) in [6, 6.07) is 29.1. The Morgan fingerprint density at radius 1 is 0.769 bits per heavy atom. The van der Waals surface area contributed by atoms with Gasteiger partial charge in [0.05, 0.1) is 5.69 Å². The Hall–Kier alpha value is -4.14. The van der Waals surface area contributed by atoms with E-state index in [4.69, 9.17) is 0 Å². The minimum Gasteiger partial charge on any atom is -0.350 e. The van der Waals surface area contributed by atoms with Crippen LogP contribution in [0.2, 0.25) is 0 Å². The van der Waals surface area contributed by atoms with Crippen molar-refractivity contribution < 1.29 is 14.4 Å². The zero-order chi connectivity index (χ0) is 27.5. The molecule has 0 fully saturated rings. The lowest BCUT2D eigenvalue weighted by Gasteiger charge is -2.16. The quantitative estimate of drug-likeness (QED) is 0.218. The number of nitrogens with zero attached hydrogens (tertiary/aromatic N) is 1. The summed E-state index contributed by atoms with van der Waals surface area (Å²) in [6.07, 6.45) is 0. The average molecular weight is 599 g/mol. The van der Waals surface area contributed by atoms with E-state index in [1.165, 1.54) is 16.7 Å². The normalized spacial score (nSPS) is 13.2. The molecule has 0 radical (unpaired) electrons. The van der Waals surface area contributed by atoms with Crippen LogP contribution in [0.25, 0.3) is 0 Å². The maximum absolute atomic E-state index is 13.6. The number of hydrogen-bond acceptors (Lipinski definition) is 5. The van der Waals surface area contributed by atoms with Gasteiger partial charge in [0.15, 0.2) is 0 Å². The van der Waals surface area contributed by atoms with Crippen molar-refractivity contribution in [3.05, 3.63) is 129 Å². The highest BCUT2D eigenvalue weighted by Crippen LogP contribution is 2.38. The van der Waals surface area contributed by atoms with Crippen LogP contribution in [-0.4, -0.2) is 17.7 Å². The molecule has 0 aliphatic carbocycles. The molecule has 5 rings (SSSR count). The third kappa shape index (κ3) is 5.82. The highest BCUT2D eigenvalue weighted by atomic mass is 79.9. The Labute approximate surface area is 239 Å². The largest absolute Gasteiger partial charge is 0.350 e. The maximum atomic E-state index is 13.6. The number of halogens is 1. The summed E-state index contributed by atoms with van der Waals surface area (Å²) in [6.45, 7) is 3.94. The number of benzene rings is 4. The first-order valence-electron chi connectivity index (χ1n) is 12.2. The predicted octanol–water partition coefficient (Wildman–Crippen LogP) is 7.31. The van der Waals surface area contributed by atoms with E-state index < -0.39 is 5.91 Å². The van der Waals surface area contributed by atoms with Crippen LogP contribution >= 0.6 is 27.7 Å². The van der Waals surface area contributed by atoms with Gasteiger partial charge in [-0.3, -0.25) is 14.4 Å². The smallest absolute Gasteiger partial charge is 0.283 e. The number of thioether (sulfide) groups is 1. The van der Waals surface area contributed by atoms with Crippen LogP contribution in [0.4, 0.5) is 17.1 Å². The van der Waals surface area contributed by atoms with Gasteiger partial charge in [0.1, 0.15) is 10.6 Å². The summed E-state index contributed by atoms with van der Waals surface area (Å²) in [4.78, 5) is 42.0. The third-order valence-corrected chi connectivity index (χ3v) is 7.89. The van der Waals surface area contributed by atoms with Gasteiger partial charge in [0, 0.05) is 26.3 Å². The van der Waals surface area contributed by atoms with Gasteiger partial charge in [-0.05, 0) is 97.8 Å². The molecule has 6 nitrogen and oxygen atoms in total. The zero-order valence-electron chi connectivity index (χ0n) is 21.2. The number of rotatable bonds is 7. The number of aryl methyl sites for hydroxylation is 2. The Balaban J connectivity index is 1.40. The fourth-order valence-corrected chi connectivity index (χ4v) is 5.20. The minimum absolute atomic E-state index is 0.222. The number of hydrogen-bond donors (Lipinski definition) is 2. The Morgan fingerprint density at radius 2 is 1.46 bits per heavy atom. The second-order valence-corrected chi connectivity index (χ2v) is 11.0. The Morgan fingerprint density at radius 3 is 2.13 bits per heavy atom. The molecule has 0 atom stereocenters. The third-order valence-electron chi connectivity index (χ3n) is 6.27. The van der Waals surface area contributed by atoms with Crippen molar-refractivity contribution in [2.24, 2.45) is 0 Å². The number of anilines is 3. The van der Waals surface area contributed by atoms with E-state index in [-0.39, 0.29) is 17.5 Å². The first-order chi connectivity index (χ1) is 18.8. The molecule has 4 aromatic rings. The molecule has 0 bridgehead atoms. The van der Waals surface area contributed by atoms with Gasteiger partial charge in [-0.2, -0.15) is 0 Å². The fraction of sp³-hybridized carbons (Fsp3) is 0.0645. The number of nitrogens with one attached hydrogen (secondary N) is 2. The van der Waals surface area contributed by atoms with Crippen molar-refractivity contribution in [2.45, 2.75) is 18.7 Å². The number of carbonyl (C=O) groups excluding carboxylic acids is 3. The molecular formula is C31H24BrN3O3S. The topological polar surface area (TPSA) is 78.5 Å². The second kappa shape index (κ2) is 11.3. The molecule has 0 saturated heterocycles. The molecule has 8 heteroatoms. The molecule has 4 aromatic carbocycles. The summed E-state index contributed by atoms with van der Waals surface area (Å²) >= 11 is 4.58. The Bertz CT molecular complexity index is 1600. The maximum Gasteiger partial charge on any atom is 0.283 e. The van der Waals surface area contributed by atoms with Gasteiger partial charge in [-0.1, -0.05) is 52.0 Å². The monoisotopic (exact) mass is 597 g/mol. The summed E-state index contributed by atoms with van der Waals surface area (Å²) in [7, 11) is 0. The number of amides is 3. The van der Waals surface area contributed by atoms with E-state index in [0.29, 0.717) is 27.5 Å². The lowest BCUT2D eigenvalue weighted by atomic mass is 10.1. The SMILES string of the molecule is Cc1ccc(N2C(=O)C(Nc3ccccc3)=C(Sc3ccc(NC(=O)c4ccc(Br)cc4)cc3)C2=O)cc1C. The van der Waals surface area contributed by atoms with Gasteiger partial charge >= 0.3 is 0 Å². The summed E-state index contributed by atoms with van der Waals surface area (Å²) in [5.74, 6) is -1.02. The fourth-order valence-electron chi connectivity index (χ4n) is 4.01. The highest BCUT2D eigenvalue weighted by molar-refractivity contribution is 9.10. The standard InChI is InChI=1S/C31H24BrN3O3S/c1-19-8-15-25(18-20(19)2)35-30(37)27(33-23-6-4-3-5-7-23)28(31(35)38)39-26-16-13-24(14-17-26)34-29(36)21-9-11-22(32)12-10-21/h3-18,33H,1-2H3,(H,34,36). The van der Waals surface area contributed by atoms with Crippen LogP contribution in [0.3, 0.4) is 0 Å². The molecule has 194 valence electrons. The van der Waals surface area contributed by atoms with E-state index in [1.54, 1.807) is 30.3 Å². The van der Waals surface area contributed by atoms with Gasteiger partial charge in [-0.25, -0.2) is 4.90 Å². The van der Waals surface area contributed by atoms with E-state index in [2.05, 4.69) is 26.6 Å². The van der Waals surface area contributed by atoms with E-state index in [1.807, 2.05) is 80.6 Å². The molecule has 0 unspecified atom stereocenters. The van der Waals surface area contributed by atoms with E-state index in [0.717, 1.165) is 20.5 Å². The molecule has 1 aliphatic rings. The molecule has 2 N–H and O–H groups in total. The van der Waals surface area contributed by atoms with Gasteiger partial charge < -0.3 is 10.6 Å². The number of imide groups is 1. The van der Waals surface area contributed by atoms with Crippen LogP contribution in [0.15, 0.2) is 117 Å². The second-order valence-electron chi connectivity index (χ2n) is 9.00. The van der Waals surface area contributed by atoms with Crippen LogP contribution in [0.1, 0.15) is 21.5 Å². The van der Waals surface area contributed by atoms with Gasteiger partial charge in [0.2, 0.25) is 0 Å². The van der Waals surface area contributed by atoms with Crippen molar-refractivity contribution in [3.8, 4) is 0 Å². The van der Waals surface area contributed by atoms with Crippen LogP contribution < -0.4 is 15.5 Å².